The molecular weight excluding hydrogens is 289 g/mol. The van der Waals surface area contributed by atoms with Crippen LogP contribution in [0.3, 0.4) is 0 Å². The second-order valence-corrected chi connectivity index (χ2v) is 5.43. The van der Waals surface area contributed by atoms with Crippen molar-refractivity contribution in [2.75, 3.05) is 19.4 Å². The Kier molecular flexibility index (Phi) is 6.63. The molecule has 0 aliphatic heterocycles. The van der Waals surface area contributed by atoms with Crippen LogP contribution in [0.1, 0.15) is 6.92 Å². The Morgan fingerprint density at radius 2 is 2.00 bits per heavy atom. The highest BCUT2D eigenvalue weighted by Crippen LogP contribution is 2.42. The number of hydrogen-bond donors (Lipinski definition) is 2. The number of ether oxygens (including phenoxy) is 1. The number of esters is 1. The second-order valence-electron chi connectivity index (χ2n) is 3.72. The van der Waals surface area contributed by atoms with Crippen LogP contribution in [0.25, 0.3) is 0 Å². The van der Waals surface area contributed by atoms with E-state index in [0.717, 1.165) is 0 Å². The Morgan fingerprint density at radius 3 is 2.60 bits per heavy atom. The fraction of sp³-hybridized carbons (Fsp3) is 0.364. The lowest BCUT2D eigenvalue weighted by atomic mass is 10.3. The third-order valence-electron chi connectivity index (χ3n) is 1.95. The highest BCUT2D eigenvalue weighted by atomic mass is 31.2. The zero-order valence-corrected chi connectivity index (χ0v) is 11.7. The van der Waals surface area contributed by atoms with E-state index in [-0.39, 0.29) is 12.4 Å². The van der Waals surface area contributed by atoms with E-state index >= 15 is 0 Å². The number of nitrogens with zero attached hydrogens (tertiary/aromatic N) is 1. The van der Waals surface area contributed by atoms with Crippen LogP contribution in [0.15, 0.2) is 30.3 Å². The maximum Gasteiger partial charge on any atom is 0.382 e. The van der Waals surface area contributed by atoms with Crippen LogP contribution in [0.5, 0.6) is 5.75 Å². The van der Waals surface area contributed by atoms with Gasteiger partial charge in [0.25, 0.3) is 0 Å². The summed E-state index contributed by atoms with van der Waals surface area (Å²) in [6.45, 7) is 1.21. The van der Waals surface area contributed by atoms with Gasteiger partial charge in [-0.3, -0.25) is 9.36 Å². The summed E-state index contributed by atoms with van der Waals surface area (Å²) in [7, 11) is -4.24. The lowest BCUT2D eigenvalue weighted by Gasteiger charge is -2.17. The zero-order valence-electron chi connectivity index (χ0n) is 10.8. The van der Waals surface area contributed by atoms with Crippen LogP contribution >= 0.6 is 7.60 Å². The standard InChI is InChI=1S/C11H16NO7P/c1-2-17-11(13)8-12(14)9-20(15,16)19-18-10-6-4-3-5-7-10/h3-7,14H,2,8-9H2,1H3,(H,15,16). The zero-order chi connectivity index (χ0) is 15.0. The van der Waals surface area contributed by atoms with Crippen molar-refractivity contribution >= 4 is 13.6 Å². The number of benzene rings is 1. The predicted octanol–water partition coefficient (Wildman–Crippen LogP) is 1.39. The Hall–Kier alpha value is -1.44. The summed E-state index contributed by atoms with van der Waals surface area (Å²) in [5, 5.41) is 9.67. The van der Waals surface area contributed by atoms with Crippen molar-refractivity contribution in [1.82, 2.24) is 5.06 Å². The molecule has 0 aliphatic carbocycles. The normalized spacial score (nSPS) is 13.8. The highest BCUT2D eigenvalue weighted by molar-refractivity contribution is 7.52. The Morgan fingerprint density at radius 1 is 1.35 bits per heavy atom. The predicted molar refractivity (Wildman–Crippen MR) is 68.0 cm³/mol. The summed E-state index contributed by atoms with van der Waals surface area (Å²) in [5.74, 6) is -0.490. The molecule has 1 unspecified atom stereocenters. The van der Waals surface area contributed by atoms with Crippen LogP contribution in [0.4, 0.5) is 0 Å². The van der Waals surface area contributed by atoms with Crippen molar-refractivity contribution < 1.29 is 33.8 Å². The van der Waals surface area contributed by atoms with E-state index in [4.69, 9.17) is 0 Å². The van der Waals surface area contributed by atoms with Crippen molar-refractivity contribution in [2.45, 2.75) is 6.92 Å². The maximum absolute atomic E-state index is 11.6. The number of rotatable bonds is 8. The first-order valence-corrected chi connectivity index (χ1v) is 7.52. The van der Waals surface area contributed by atoms with Gasteiger partial charge in [0.15, 0.2) is 5.75 Å². The molecule has 1 rings (SSSR count). The summed E-state index contributed by atoms with van der Waals surface area (Å²) in [6.07, 6.45) is -0.793. The van der Waals surface area contributed by atoms with Gasteiger partial charge < -0.3 is 19.7 Å². The fourth-order valence-corrected chi connectivity index (χ4v) is 1.98. The molecule has 1 atom stereocenters. The van der Waals surface area contributed by atoms with Crippen LogP contribution in [-0.2, 0) is 18.8 Å². The first kappa shape index (κ1) is 16.6. The first-order valence-electron chi connectivity index (χ1n) is 5.75. The molecule has 1 aromatic carbocycles. The highest BCUT2D eigenvalue weighted by Gasteiger charge is 2.26. The minimum Gasteiger partial charge on any atom is -0.465 e. The Bertz CT molecular complexity index is 467. The Labute approximate surface area is 115 Å². The molecule has 1 aromatic rings. The Balaban J connectivity index is 2.40. The summed E-state index contributed by atoms with van der Waals surface area (Å²) in [5.41, 5.74) is 0. The lowest BCUT2D eigenvalue weighted by molar-refractivity contribution is -0.158. The van der Waals surface area contributed by atoms with Crippen LogP contribution in [-0.4, -0.2) is 40.6 Å². The van der Waals surface area contributed by atoms with Crippen LogP contribution in [0, 0.1) is 0 Å². The molecule has 0 fully saturated rings. The number of hydroxylamine groups is 2. The van der Waals surface area contributed by atoms with Gasteiger partial charge >= 0.3 is 13.6 Å². The van der Waals surface area contributed by atoms with E-state index < -0.39 is 26.4 Å². The van der Waals surface area contributed by atoms with Crippen LogP contribution < -0.4 is 4.89 Å². The van der Waals surface area contributed by atoms with Crippen LogP contribution in [0.2, 0.25) is 0 Å². The maximum atomic E-state index is 11.6. The number of carbonyl (C=O) groups excluding carboxylic acids is 1. The van der Waals surface area contributed by atoms with Crippen molar-refractivity contribution in [2.24, 2.45) is 0 Å². The van der Waals surface area contributed by atoms with E-state index in [0.29, 0.717) is 5.06 Å². The van der Waals surface area contributed by atoms with E-state index in [1.54, 1.807) is 25.1 Å². The molecule has 0 radical (unpaired) electrons. The quantitative estimate of drug-likeness (QED) is 0.321. The van der Waals surface area contributed by atoms with Crippen molar-refractivity contribution in [1.29, 1.82) is 0 Å². The molecule has 0 bridgehead atoms. The lowest BCUT2D eigenvalue weighted by Crippen LogP contribution is -2.29. The van der Waals surface area contributed by atoms with Gasteiger partial charge in [0, 0.05) is 0 Å². The first-order chi connectivity index (χ1) is 9.43. The summed E-state index contributed by atoms with van der Waals surface area (Å²) >= 11 is 0. The fourth-order valence-electron chi connectivity index (χ4n) is 1.21. The number of hydrogen-bond acceptors (Lipinski definition) is 7. The molecule has 0 heterocycles. The van der Waals surface area contributed by atoms with E-state index in [1.807, 2.05) is 0 Å². The largest absolute Gasteiger partial charge is 0.465 e. The van der Waals surface area contributed by atoms with Crippen molar-refractivity contribution in [3.05, 3.63) is 30.3 Å². The second kappa shape index (κ2) is 7.98. The van der Waals surface area contributed by atoms with Gasteiger partial charge in [-0.2, -0.15) is 5.06 Å². The van der Waals surface area contributed by atoms with Gasteiger partial charge in [-0.05, 0) is 19.1 Å². The van der Waals surface area contributed by atoms with Gasteiger partial charge in [-0.15, -0.1) is 0 Å². The van der Waals surface area contributed by atoms with Gasteiger partial charge in [-0.1, -0.05) is 22.9 Å². The summed E-state index contributed by atoms with van der Waals surface area (Å²) in [4.78, 5) is 25.2. The molecule has 0 amide bonds. The molecule has 0 spiro atoms. The SMILES string of the molecule is CCOC(=O)CN(O)CP(=O)(O)OOc1ccccc1. The van der Waals surface area contributed by atoms with E-state index in [2.05, 4.69) is 14.3 Å². The summed E-state index contributed by atoms with van der Waals surface area (Å²) < 4.78 is 20.5. The third kappa shape index (κ3) is 6.65. The minimum absolute atomic E-state index is 0.150. The number of para-hydroxylation sites is 1. The van der Waals surface area contributed by atoms with Crippen molar-refractivity contribution in [3.63, 3.8) is 0 Å². The molecule has 2 N–H and O–H groups in total. The number of carbonyl (C=O) groups is 1. The monoisotopic (exact) mass is 305 g/mol. The summed E-state index contributed by atoms with van der Waals surface area (Å²) in [6, 6.07) is 8.09. The average Bonchev–Trinajstić information content (AvgIpc) is 2.37. The van der Waals surface area contributed by atoms with E-state index in [9.17, 15) is 19.5 Å². The third-order valence-corrected chi connectivity index (χ3v) is 2.94. The molecule has 20 heavy (non-hydrogen) atoms. The van der Waals surface area contributed by atoms with E-state index in [1.165, 1.54) is 12.1 Å². The molecule has 9 heteroatoms. The minimum atomic E-state index is -4.24. The molecule has 0 aromatic heterocycles. The molecule has 0 aliphatic rings. The smallest absolute Gasteiger partial charge is 0.382 e. The molecule has 0 saturated carbocycles. The molecular formula is C11H16NO7P. The van der Waals surface area contributed by atoms with Gasteiger partial charge in [0.05, 0.1) is 6.61 Å². The van der Waals surface area contributed by atoms with Gasteiger partial charge in [-0.25, -0.2) is 0 Å². The van der Waals surface area contributed by atoms with Gasteiger partial charge in [0.1, 0.15) is 12.8 Å². The van der Waals surface area contributed by atoms with Crippen molar-refractivity contribution in [3.8, 4) is 5.75 Å². The average molecular weight is 305 g/mol. The topological polar surface area (TPSA) is 106 Å². The molecule has 0 saturated heterocycles. The molecule has 112 valence electrons. The molecule has 8 nitrogen and oxygen atoms in total. The van der Waals surface area contributed by atoms with Gasteiger partial charge in [0.2, 0.25) is 0 Å².